The van der Waals surface area contributed by atoms with Crippen LogP contribution in [0.25, 0.3) is 11.1 Å². The van der Waals surface area contributed by atoms with Crippen LogP contribution in [0, 0.1) is 0 Å². The van der Waals surface area contributed by atoms with Crippen LogP contribution < -0.4 is 26.8 Å². The summed E-state index contributed by atoms with van der Waals surface area (Å²) in [6, 6.07) is 15.8. The second kappa shape index (κ2) is 9.65. The first-order valence-electron chi connectivity index (χ1n) is 10.7. The fourth-order valence-corrected chi connectivity index (χ4v) is 3.93. The number of rotatable bonds is 7. The molecule has 1 fully saturated rings. The Morgan fingerprint density at radius 3 is 2.59 bits per heavy atom. The van der Waals surface area contributed by atoms with Crippen LogP contribution in [0.5, 0.6) is 5.75 Å². The topological polar surface area (TPSA) is 128 Å². The van der Waals surface area contributed by atoms with Gasteiger partial charge in [-0.3, -0.25) is 4.79 Å². The van der Waals surface area contributed by atoms with Gasteiger partial charge in [0, 0.05) is 24.0 Å². The normalized spacial score (nSPS) is 18.1. The predicted molar refractivity (Wildman–Crippen MR) is 126 cm³/mol. The van der Waals surface area contributed by atoms with Crippen molar-refractivity contribution in [3.63, 3.8) is 0 Å². The molecule has 32 heavy (non-hydrogen) atoms. The van der Waals surface area contributed by atoms with E-state index in [1.807, 2.05) is 48.5 Å². The molecule has 1 saturated carbocycles. The summed E-state index contributed by atoms with van der Waals surface area (Å²) in [4.78, 5) is 20.8. The van der Waals surface area contributed by atoms with Crippen molar-refractivity contribution in [3.05, 3.63) is 60.3 Å². The number of amides is 1. The maximum Gasteiger partial charge on any atom is 0.254 e. The van der Waals surface area contributed by atoms with Gasteiger partial charge in [0.25, 0.3) is 5.91 Å². The largest absolute Gasteiger partial charge is 0.497 e. The molecule has 1 amide bonds. The molecule has 1 unspecified atom stereocenters. The molecule has 1 aliphatic rings. The third-order valence-corrected chi connectivity index (χ3v) is 5.74. The standard InChI is InChI=1S/C24H28N6O2/c1-32-18-11-9-15(10-12-18)16-5-4-6-17(13-16)28-23-19(22(26)31)14-27-24(30-23)29-21-8-3-2-7-20(21)25/h4-6,9-14,20-21H,2-3,7-8,25H2,1H3,(H2,26,31)(H2,27,28,29,30)/t20?,21-/m1/s1. The van der Waals surface area contributed by atoms with Crippen LogP contribution in [-0.4, -0.2) is 35.1 Å². The quantitative estimate of drug-likeness (QED) is 0.448. The first-order valence-corrected chi connectivity index (χ1v) is 10.7. The van der Waals surface area contributed by atoms with E-state index in [2.05, 4.69) is 20.6 Å². The predicted octanol–water partition coefficient (Wildman–Crippen LogP) is 3.68. The number of hydrogen-bond acceptors (Lipinski definition) is 7. The molecule has 0 spiro atoms. The van der Waals surface area contributed by atoms with E-state index >= 15 is 0 Å². The molecule has 1 aliphatic carbocycles. The van der Waals surface area contributed by atoms with E-state index in [-0.39, 0.29) is 17.6 Å². The van der Waals surface area contributed by atoms with Crippen LogP contribution in [0.1, 0.15) is 36.0 Å². The molecule has 0 saturated heterocycles. The number of primary amides is 1. The maximum absolute atomic E-state index is 12.0. The number of nitrogens with zero attached hydrogens (tertiary/aromatic N) is 2. The van der Waals surface area contributed by atoms with Gasteiger partial charge in [-0.2, -0.15) is 4.98 Å². The van der Waals surface area contributed by atoms with Gasteiger partial charge in [-0.25, -0.2) is 4.98 Å². The average molecular weight is 433 g/mol. The summed E-state index contributed by atoms with van der Waals surface area (Å²) in [7, 11) is 1.64. The zero-order valence-corrected chi connectivity index (χ0v) is 18.0. The van der Waals surface area contributed by atoms with Gasteiger partial charge in [-0.05, 0) is 48.2 Å². The third kappa shape index (κ3) is 4.97. The van der Waals surface area contributed by atoms with E-state index < -0.39 is 5.91 Å². The lowest BCUT2D eigenvalue weighted by molar-refractivity contribution is 0.100. The number of anilines is 3. The van der Waals surface area contributed by atoms with E-state index in [1.54, 1.807) is 7.11 Å². The smallest absolute Gasteiger partial charge is 0.254 e. The number of nitrogens with one attached hydrogen (secondary N) is 2. The van der Waals surface area contributed by atoms with Gasteiger partial charge in [0.2, 0.25) is 5.95 Å². The van der Waals surface area contributed by atoms with Crippen LogP contribution in [0.4, 0.5) is 17.5 Å². The molecule has 0 radical (unpaired) electrons. The highest BCUT2D eigenvalue weighted by Gasteiger charge is 2.23. The van der Waals surface area contributed by atoms with Crippen molar-refractivity contribution in [1.82, 2.24) is 9.97 Å². The highest BCUT2D eigenvalue weighted by Crippen LogP contribution is 2.27. The molecule has 0 aliphatic heterocycles. The molecule has 8 nitrogen and oxygen atoms in total. The average Bonchev–Trinajstić information content (AvgIpc) is 2.81. The van der Waals surface area contributed by atoms with Gasteiger partial charge in [-0.15, -0.1) is 0 Å². The number of benzene rings is 2. The van der Waals surface area contributed by atoms with E-state index in [0.717, 1.165) is 48.2 Å². The van der Waals surface area contributed by atoms with E-state index in [9.17, 15) is 4.79 Å². The molecule has 8 heteroatoms. The van der Waals surface area contributed by atoms with Gasteiger partial charge in [0.15, 0.2) is 0 Å². The molecular weight excluding hydrogens is 404 g/mol. The van der Waals surface area contributed by atoms with E-state index in [0.29, 0.717) is 11.8 Å². The highest BCUT2D eigenvalue weighted by atomic mass is 16.5. The monoisotopic (exact) mass is 432 g/mol. The molecule has 4 rings (SSSR count). The number of hydrogen-bond donors (Lipinski definition) is 4. The van der Waals surface area contributed by atoms with Crippen molar-refractivity contribution in [2.75, 3.05) is 17.7 Å². The molecule has 3 aromatic rings. The lowest BCUT2D eigenvalue weighted by atomic mass is 9.91. The Hall–Kier alpha value is -3.65. The number of aromatic nitrogens is 2. The minimum absolute atomic E-state index is 0.0563. The van der Waals surface area contributed by atoms with Crippen molar-refractivity contribution in [2.24, 2.45) is 11.5 Å². The Bertz CT molecular complexity index is 1090. The summed E-state index contributed by atoms with van der Waals surface area (Å²) in [5, 5.41) is 6.55. The van der Waals surface area contributed by atoms with Gasteiger partial charge in [-0.1, -0.05) is 37.1 Å². The number of nitrogens with two attached hydrogens (primary N) is 2. The van der Waals surface area contributed by atoms with E-state index in [4.69, 9.17) is 16.2 Å². The van der Waals surface area contributed by atoms with Crippen LogP contribution in [0.2, 0.25) is 0 Å². The Labute approximate surface area is 187 Å². The Balaban J connectivity index is 1.58. The molecule has 1 heterocycles. The highest BCUT2D eigenvalue weighted by molar-refractivity contribution is 5.98. The van der Waals surface area contributed by atoms with Crippen LogP contribution in [0.15, 0.2) is 54.7 Å². The summed E-state index contributed by atoms with van der Waals surface area (Å²) < 4.78 is 5.23. The molecule has 6 N–H and O–H groups in total. The van der Waals surface area contributed by atoms with Crippen molar-refractivity contribution >= 4 is 23.4 Å². The molecule has 166 valence electrons. The maximum atomic E-state index is 12.0. The van der Waals surface area contributed by atoms with Crippen molar-refractivity contribution in [2.45, 2.75) is 37.8 Å². The van der Waals surface area contributed by atoms with Gasteiger partial charge in [0.1, 0.15) is 17.1 Å². The van der Waals surface area contributed by atoms with Gasteiger partial charge < -0.3 is 26.8 Å². The lowest BCUT2D eigenvalue weighted by Gasteiger charge is -2.29. The third-order valence-electron chi connectivity index (χ3n) is 5.74. The summed E-state index contributed by atoms with van der Waals surface area (Å²) in [5.41, 5.74) is 14.9. The number of carbonyl (C=O) groups excluding carboxylic acids is 1. The summed E-state index contributed by atoms with van der Waals surface area (Å²) >= 11 is 0. The second-order valence-electron chi connectivity index (χ2n) is 7.95. The first-order chi connectivity index (χ1) is 15.5. The van der Waals surface area contributed by atoms with Crippen molar-refractivity contribution in [3.8, 4) is 16.9 Å². The Morgan fingerprint density at radius 1 is 1.09 bits per heavy atom. The zero-order chi connectivity index (χ0) is 22.5. The van der Waals surface area contributed by atoms with E-state index in [1.165, 1.54) is 6.20 Å². The SMILES string of the molecule is COc1ccc(-c2cccc(Nc3nc(N[C@@H]4CCCCC4N)ncc3C(N)=O)c2)cc1. The lowest BCUT2D eigenvalue weighted by Crippen LogP contribution is -2.43. The molecule has 1 aromatic heterocycles. The van der Waals surface area contributed by atoms with Crippen molar-refractivity contribution < 1.29 is 9.53 Å². The minimum Gasteiger partial charge on any atom is -0.497 e. The Kier molecular flexibility index (Phi) is 6.51. The minimum atomic E-state index is -0.597. The zero-order valence-electron chi connectivity index (χ0n) is 18.0. The second-order valence-corrected chi connectivity index (χ2v) is 7.95. The van der Waals surface area contributed by atoms with Crippen molar-refractivity contribution in [1.29, 1.82) is 0 Å². The molecule has 0 bridgehead atoms. The molecular formula is C24H28N6O2. The fourth-order valence-electron chi connectivity index (χ4n) is 3.93. The number of methoxy groups -OCH3 is 1. The summed E-state index contributed by atoms with van der Waals surface area (Å²) in [6.45, 7) is 0. The Morgan fingerprint density at radius 2 is 1.88 bits per heavy atom. The van der Waals surface area contributed by atoms with Crippen LogP contribution in [-0.2, 0) is 0 Å². The van der Waals surface area contributed by atoms with Crippen LogP contribution >= 0.6 is 0 Å². The molecule has 2 aromatic carbocycles. The van der Waals surface area contributed by atoms with Crippen LogP contribution in [0.3, 0.4) is 0 Å². The number of ether oxygens (including phenoxy) is 1. The molecule has 2 atom stereocenters. The summed E-state index contributed by atoms with van der Waals surface area (Å²) in [5.74, 6) is 0.977. The fraction of sp³-hybridized carbons (Fsp3) is 0.292. The van der Waals surface area contributed by atoms with Gasteiger partial charge >= 0.3 is 0 Å². The summed E-state index contributed by atoms with van der Waals surface area (Å²) in [6.07, 6.45) is 5.64. The van der Waals surface area contributed by atoms with Gasteiger partial charge in [0.05, 0.1) is 7.11 Å². The first kappa shape index (κ1) is 21.6. The number of carbonyl (C=O) groups is 1.